The molecule has 0 saturated carbocycles. The number of hydrogen-bond acceptors (Lipinski definition) is 2. The zero-order chi connectivity index (χ0) is 15.0. The van der Waals surface area contributed by atoms with Gasteiger partial charge in [-0.3, -0.25) is 4.79 Å². The molecule has 1 aliphatic rings. The van der Waals surface area contributed by atoms with Crippen LogP contribution in [-0.2, 0) is 19.4 Å². The van der Waals surface area contributed by atoms with Gasteiger partial charge < -0.3 is 9.67 Å². The lowest BCUT2D eigenvalue weighted by atomic mass is 10.1. The van der Waals surface area contributed by atoms with Crippen LogP contribution >= 0.6 is 0 Å². The van der Waals surface area contributed by atoms with Gasteiger partial charge in [0.05, 0.1) is 12.1 Å². The van der Waals surface area contributed by atoms with Gasteiger partial charge in [0.15, 0.2) is 0 Å². The van der Waals surface area contributed by atoms with Crippen LogP contribution in [-0.4, -0.2) is 15.6 Å². The molecule has 0 atom stereocenters. The minimum absolute atomic E-state index is 0.0955. The molecule has 1 aliphatic carbocycles. The average molecular weight is 287 g/mol. The number of aromatic nitrogens is 1. The Balaban J connectivity index is 2.00. The standard InChI is InChI=1S/C16H14FNO3/c17-13-8-11(16(20)21)4-5-12(13)9-18-14-3-1-2-10(14)6-7-15(18)19/h4-8H,1-3,9H2,(H,20,21). The van der Waals surface area contributed by atoms with Crippen LogP contribution in [0.1, 0.15) is 33.6 Å². The number of halogens is 1. The number of rotatable bonds is 3. The molecule has 0 saturated heterocycles. The van der Waals surface area contributed by atoms with Gasteiger partial charge in [-0.25, -0.2) is 9.18 Å². The van der Waals surface area contributed by atoms with E-state index < -0.39 is 11.8 Å². The summed E-state index contributed by atoms with van der Waals surface area (Å²) < 4.78 is 15.6. The van der Waals surface area contributed by atoms with Crippen LogP contribution in [0.15, 0.2) is 35.1 Å². The van der Waals surface area contributed by atoms with E-state index in [-0.39, 0.29) is 17.7 Å². The second-order valence-corrected chi connectivity index (χ2v) is 5.19. The lowest BCUT2D eigenvalue weighted by Crippen LogP contribution is -2.23. The first-order chi connectivity index (χ1) is 10.1. The fourth-order valence-corrected chi connectivity index (χ4v) is 2.79. The van der Waals surface area contributed by atoms with Crippen LogP contribution in [0.3, 0.4) is 0 Å². The van der Waals surface area contributed by atoms with E-state index >= 15 is 0 Å². The molecule has 1 heterocycles. The highest BCUT2D eigenvalue weighted by atomic mass is 19.1. The van der Waals surface area contributed by atoms with E-state index in [1.54, 1.807) is 4.57 Å². The third-order valence-corrected chi connectivity index (χ3v) is 3.88. The van der Waals surface area contributed by atoms with Crippen molar-refractivity contribution in [3.63, 3.8) is 0 Å². The number of carboxylic acids is 1. The van der Waals surface area contributed by atoms with Gasteiger partial charge >= 0.3 is 5.97 Å². The summed E-state index contributed by atoms with van der Waals surface area (Å²) in [4.78, 5) is 22.8. The van der Waals surface area contributed by atoms with Crippen LogP contribution in [0.5, 0.6) is 0 Å². The first-order valence-electron chi connectivity index (χ1n) is 6.79. The number of pyridine rings is 1. The Morgan fingerprint density at radius 1 is 1.24 bits per heavy atom. The monoisotopic (exact) mass is 287 g/mol. The van der Waals surface area contributed by atoms with Gasteiger partial charge in [-0.1, -0.05) is 12.1 Å². The normalized spacial score (nSPS) is 13.2. The molecule has 0 unspecified atom stereocenters. The molecular weight excluding hydrogens is 273 g/mol. The van der Waals surface area contributed by atoms with E-state index in [1.807, 2.05) is 6.07 Å². The third kappa shape index (κ3) is 2.46. The minimum atomic E-state index is -1.17. The molecule has 0 bridgehead atoms. The van der Waals surface area contributed by atoms with Gasteiger partial charge in [-0.05, 0) is 37.0 Å². The van der Waals surface area contributed by atoms with Gasteiger partial charge in [0.2, 0.25) is 0 Å². The van der Waals surface area contributed by atoms with Crippen molar-refractivity contribution in [2.75, 3.05) is 0 Å². The predicted octanol–water partition coefficient (Wildman–Crippen LogP) is 2.22. The first kappa shape index (κ1) is 13.5. The summed E-state index contributed by atoms with van der Waals surface area (Å²) in [7, 11) is 0. The topological polar surface area (TPSA) is 59.3 Å². The Morgan fingerprint density at radius 2 is 2.05 bits per heavy atom. The maximum absolute atomic E-state index is 14.0. The largest absolute Gasteiger partial charge is 0.478 e. The Bertz CT molecular complexity index is 780. The number of fused-ring (bicyclic) bond motifs is 1. The van der Waals surface area contributed by atoms with E-state index in [0.717, 1.165) is 36.6 Å². The molecule has 1 aromatic carbocycles. The highest BCUT2D eigenvalue weighted by Crippen LogP contribution is 2.21. The molecule has 4 nitrogen and oxygen atoms in total. The van der Waals surface area contributed by atoms with Crippen LogP contribution < -0.4 is 5.56 Å². The maximum Gasteiger partial charge on any atom is 0.335 e. The molecule has 0 fully saturated rings. The van der Waals surface area contributed by atoms with Crippen LogP contribution in [0.25, 0.3) is 0 Å². The number of nitrogens with zero attached hydrogens (tertiary/aromatic N) is 1. The summed E-state index contributed by atoms with van der Waals surface area (Å²) in [6, 6.07) is 7.12. The van der Waals surface area contributed by atoms with E-state index in [1.165, 1.54) is 18.2 Å². The molecule has 108 valence electrons. The molecule has 1 N–H and O–H groups in total. The van der Waals surface area contributed by atoms with Crippen molar-refractivity contribution in [2.24, 2.45) is 0 Å². The van der Waals surface area contributed by atoms with Crippen molar-refractivity contribution in [1.29, 1.82) is 0 Å². The highest BCUT2D eigenvalue weighted by Gasteiger charge is 2.17. The molecule has 0 amide bonds. The molecule has 3 rings (SSSR count). The second-order valence-electron chi connectivity index (χ2n) is 5.19. The Kier molecular flexibility index (Phi) is 3.33. The summed E-state index contributed by atoms with van der Waals surface area (Å²) in [6.07, 6.45) is 2.76. The summed E-state index contributed by atoms with van der Waals surface area (Å²) in [5, 5.41) is 8.84. The Labute approximate surface area is 120 Å². The number of carboxylic acid groups (broad SMARTS) is 1. The SMILES string of the molecule is O=C(O)c1ccc(Cn2c3c(ccc2=O)CCC3)c(F)c1. The smallest absolute Gasteiger partial charge is 0.335 e. The zero-order valence-electron chi connectivity index (χ0n) is 11.3. The Hall–Kier alpha value is -2.43. The minimum Gasteiger partial charge on any atom is -0.478 e. The molecule has 5 heteroatoms. The van der Waals surface area contributed by atoms with E-state index in [0.29, 0.717) is 5.56 Å². The lowest BCUT2D eigenvalue weighted by molar-refractivity contribution is 0.0696. The summed E-state index contributed by atoms with van der Waals surface area (Å²) in [5.41, 5.74) is 2.17. The third-order valence-electron chi connectivity index (χ3n) is 3.88. The number of carbonyl (C=O) groups is 1. The fraction of sp³-hybridized carbons (Fsp3) is 0.250. The summed E-state index contributed by atoms with van der Waals surface area (Å²) >= 11 is 0. The summed E-state index contributed by atoms with van der Waals surface area (Å²) in [5.74, 6) is -1.77. The number of hydrogen-bond donors (Lipinski definition) is 1. The van der Waals surface area contributed by atoms with Crippen molar-refractivity contribution in [2.45, 2.75) is 25.8 Å². The number of benzene rings is 1. The van der Waals surface area contributed by atoms with Crippen LogP contribution in [0.4, 0.5) is 4.39 Å². The van der Waals surface area contributed by atoms with E-state index in [4.69, 9.17) is 5.11 Å². The average Bonchev–Trinajstić information content (AvgIpc) is 2.92. The van der Waals surface area contributed by atoms with Crippen molar-refractivity contribution >= 4 is 5.97 Å². The van der Waals surface area contributed by atoms with Crippen molar-refractivity contribution in [3.8, 4) is 0 Å². The quantitative estimate of drug-likeness (QED) is 0.941. The molecule has 0 aliphatic heterocycles. The molecule has 2 aromatic rings. The van der Waals surface area contributed by atoms with Gasteiger partial charge in [0, 0.05) is 17.3 Å². The molecular formula is C16H14FNO3. The molecule has 0 spiro atoms. The highest BCUT2D eigenvalue weighted by molar-refractivity contribution is 5.87. The zero-order valence-corrected chi connectivity index (χ0v) is 11.3. The summed E-state index contributed by atoms with van der Waals surface area (Å²) in [6.45, 7) is 0.133. The van der Waals surface area contributed by atoms with Gasteiger partial charge in [-0.15, -0.1) is 0 Å². The lowest BCUT2D eigenvalue weighted by Gasteiger charge is -2.12. The fourth-order valence-electron chi connectivity index (χ4n) is 2.79. The number of aromatic carboxylic acids is 1. The number of aryl methyl sites for hydroxylation is 1. The van der Waals surface area contributed by atoms with Crippen molar-refractivity contribution in [1.82, 2.24) is 4.57 Å². The van der Waals surface area contributed by atoms with Gasteiger partial charge in [0.25, 0.3) is 5.56 Å². The van der Waals surface area contributed by atoms with Crippen molar-refractivity contribution in [3.05, 3.63) is 68.9 Å². The maximum atomic E-state index is 14.0. The van der Waals surface area contributed by atoms with Gasteiger partial charge in [-0.2, -0.15) is 0 Å². The molecule has 1 aromatic heterocycles. The van der Waals surface area contributed by atoms with Crippen LogP contribution in [0.2, 0.25) is 0 Å². The second kappa shape index (κ2) is 5.16. The van der Waals surface area contributed by atoms with E-state index in [9.17, 15) is 14.0 Å². The Morgan fingerprint density at radius 3 is 2.76 bits per heavy atom. The van der Waals surface area contributed by atoms with Gasteiger partial charge in [0.1, 0.15) is 5.82 Å². The van der Waals surface area contributed by atoms with Crippen molar-refractivity contribution < 1.29 is 14.3 Å². The molecule has 0 radical (unpaired) electrons. The molecule has 21 heavy (non-hydrogen) atoms. The van der Waals surface area contributed by atoms with E-state index in [2.05, 4.69) is 0 Å². The van der Waals surface area contributed by atoms with Crippen LogP contribution in [0, 0.1) is 5.82 Å². The first-order valence-corrected chi connectivity index (χ1v) is 6.79. The predicted molar refractivity (Wildman–Crippen MR) is 75.2 cm³/mol.